The summed E-state index contributed by atoms with van der Waals surface area (Å²) in [5, 5.41) is 9.55. The van der Waals surface area contributed by atoms with E-state index >= 15 is 0 Å². The van der Waals surface area contributed by atoms with E-state index in [1.54, 1.807) is 11.3 Å². The van der Waals surface area contributed by atoms with Crippen molar-refractivity contribution in [3.8, 4) is 0 Å². The van der Waals surface area contributed by atoms with Crippen LogP contribution in [0.2, 0.25) is 0 Å². The minimum absolute atomic E-state index is 0.0748. The highest BCUT2D eigenvalue weighted by atomic mass is 32.1. The van der Waals surface area contributed by atoms with Crippen LogP contribution in [0.4, 0.5) is 0 Å². The Bertz CT molecular complexity index is 618. The van der Waals surface area contributed by atoms with Gasteiger partial charge in [0.1, 0.15) is 10.7 Å². The maximum absolute atomic E-state index is 12.0. The van der Waals surface area contributed by atoms with Crippen molar-refractivity contribution in [2.45, 2.75) is 20.4 Å². The number of aromatic amines is 1. The normalized spacial score (nSPS) is 11.6. The van der Waals surface area contributed by atoms with E-state index in [4.69, 9.17) is 5.11 Å². The van der Waals surface area contributed by atoms with Crippen LogP contribution in [0.25, 0.3) is 10.2 Å². The molecule has 0 spiro atoms. The van der Waals surface area contributed by atoms with Crippen LogP contribution in [0, 0.1) is 13.8 Å². The zero-order chi connectivity index (χ0) is 13.3. The monoisotopic (exact) mass is 267 g/mol. The topological polar surface area (TPSA) is 69.2 Å². The summed E-state index contributed by atoms with van der Waals surface area (Å²) < 4.78 is 0. The second kappa shape index (κ2) is 5.17. The number of fused-ring (bicyclic) bond motifs is 1. The standard InChI is InChI=1S/C12H17N3O2S/c1-7-8(2)18-12-10(7)11(17)13-9(14-12)6-15(3)4-5-16/h16H,4-6H2,1-3H3,(H,13,14,17). The zero-order valence-electron chi connectivity index (χ0n) is 10.8. The Morgan fingerprint density at radius 1 is 1.44 bits per heavy atom. The molecule has 2 heterocycles. The summed E-state index contributed by atoms with van der Waals surface area (Å²) in [4.78, 5) is 23.1. The molecule has 0 radical (unpaired) electrons. The van der Waals surface area contributed by atoms with Gasteiger partial charge >= 0.3 is 0 Å². The van der Waals surface area contributed by atoms with Gasteiger partial charge in [-0.25, -0.2) is 4.98 Å². The number of nitrogens with zero attached hydrogens (tertiary/aromatic N) is 2. The van der Waals surface area contributed by atoms with Gasteiger partial charge in [-0.05, 0) is 26.5 Å². The maximum Gasteiger partial charge on any atom is 0.259 e. The molecule has 98 valence electrons. The summed E-state index contributed by atoms with van der Waals surface area (Å²) in [7, 11) is 1.88. The van der Waals surface area contributed by atoms with Crippen LogP contribution >= 0.6 is 11.3 Å². The van der Waals surface area contributed by atoms with Crippen molar-refractivity contribution in [3.05, 3.63) is 26.6 Å². The summed E-state index contributed by atoms with van der Waals surface area (Å²) >= 11 is 1.55. The van der Waals surface area contributed by atoms with Gasteiger partial charge in [0.2, 0.25) is 0 Å². The zero-order valence-corrected chi connectivity index (χ0v) is 11.6. The van der Waals surface area contributed by atoms with Crippen LogP contribution in [0.15, 0.2) is 4.79 Å². The Labute approximate surface area is 109 Å². The molecule has 0 aliphatic rings. The van der Waals surface area contributed by atoms with Gasteiger partial charge in [-0.3, -0.25) is 9.69 Å². The summed E-state index contributed by atoms with van der Waals surface area (Å²) in [6, 6.07) is 0. The molecule has 5 nitrogen and oxygen atoms in total. The van der Waals surface area contributed by atoms with Crippen LogP contribution < -0.4 is 5.56 Å². The third-order valence-corrected chi connectivity index (χ3v) is 4.09. The van der Waals surface area contributed by atoms with E-state index in [1.165, 1.54) is 0 Å². The number of aromatic nitrogens is 2. The van der Waals surface area contributed by atoms with Crippen molar-refractivity contribution >= 4 is 21.6 Å². The second-order valence-corrected chi connectivity index (χ2v) is 5.64. The molecule has 0 fully saturated rings. The highest BCUT2D eigenvalue weighted by Crippen LogP contribution is 2.25. The lowest BCUT2D eigenvalue weighted by atomic mass is 10.2. The highest BCUT2D eigenvalue weighted by Gasteiger charge is 2.12. The number of hydrogen-bond donors (Lipinski definition) is 2. The predicted molar refractivity (Wildman–Crippen MR) is 73.1 cm³/mol. The highest BCUT2D eigenvalue weighted by molar-refractivity contribution is 7.18. The average molecular weight is 267 g/mol. The molecule has 0 saturated carbocycles. The average Bonchev–Trinajstić information content (AvgIpc) is 2.55. The number of nitrogens with one attached hydrogen (secondary N) is 1. The molecular weight excluding hydrogens is 250 g/mol. The largest absolute Gasteiger partial charge is 0.395 e. The van der Waals surface area contributed by atoms with Crippen molar-refractivity contribution in [2.75, 3.05) is 20.2 Å². The van der Waals surface area contributed by atoms with Gasteiger partial charge in [0, 0.05) is 11.4 Å². The molecule has 0 bridgehead atoms. The molecule has 2 aromatic heterocycles. The Kier molecular flexibility index (Phi) is 3.79. The molecule has 0 amide bonds. The Morgan fingerprint density at radius 3 is 2.83 bits per heavy atom. The maximum atomic E-state index is 12.0. The lowest BCUT2D eigenvalue weighted by molar-refractivity contribution is 0.214. The number of rotatable bonds is 4. The molecule has 0 saturated heterocycles. The van der Waals surface area contributed by atoms with Gasteiger partial charge in [0.05, 0.1) is 18.5 Å². The molecule has 6 heteroatoms. The lowest BCUT2D eigenvalue weighted by Gasteiger charge is -2.13. The van der Waals surface area contributed by atoms with Crippen molar-refractivity contribution in [1.29, 1.82) is 0 Å². The molecule has 0 atom stereocenters. The molecule has 2 N–H and O–H groups in total. The Hall–Kier alpha value is -1.24. The summed E-state index contributed by atoms with van der Waals surface area (Å²) in [5.41, 5.74) is 0.938. The van der Waals surface area contributed by atoms with E-state index in [9.17, 15) is 4.79 Å². The summed E-state index contributed by atoms with van der Waals surface area (Å²) in [6.45, 7) is 5.13. The lowest BCUT2D eigenvalue weighted by Crippen LogP contribution is -2.24. The first kappa shape index (κ1) is 13.2. The fourth-order valence-corrected chi connectivity index (χ4v) is 2.93. The molecule has 0 aliphatic heterocycles. The molecule has 0 aromatic carbocycles. The number of likely N-dealkylation sites (N-methyl/N-ethyl adjacent to an activating group) is 1. The first-order valence-corrected chi connectivity index (χ1v) is 6.63. The Balaban J connectivity index is 2.40. The van der Waals surface area contributed by atoms with Crippen LogP contribution in [-0.4, -0.2) is 40.2 Å². The van der Waals surface area contributed by atoms with E-state index in [2.05, 4.69) is 9.97 Å². The SMILES string of the molecule is Cc1sc2nc(CN(C)CCO)[nH]c(=O)c2c1C. The van der Waals surface area contributed by atoms with Gasteiger partial charge < -0.3 is 10.1 Å². The van der Waals surface area contributed by atoms with E-state index < -0.39 is 0 Å². The molecule has 2 aromatic rings. The predicted octanol–water partition coefficient (Wildman–Crippen LogP) is 1.03. The van der Waals surface area contributed by atoms with Gasteiger partial charge in [-0.15, -0.1) is 11.3 Å². The van der Waals surface area contributed by atoms with E-state index in [0.717, 1.165) is 15.3 Å². The first-order valence-electron chi connectivity index (χ1n) is 5.81. The number of thiophene rings is 1. The first-order chi connectivity index (χ1) is 8.52. The number of H-pyrrole nitrogens is 1. The molecular formula is C12H17N3O2S. The summed E-state index contributed by atoms with van der Waals surface area (Å²) in [6.07, 6.45) is 0. The molecule has 0 unspecified atom stereocenters. The van der Waals surface area contributed by atoms with Crippen LogP contribution in [0.5, 0.6) is 0 Å². The van der Waals surface area contributed by atoms with Crippen molar-refractivity contribution in [2.24, 2.45) is 0 Å². The number of hydrogen-bond acceptors (Lipinski definition) is 5. The van der Waals surface area contributed by atoms with Crippen LogP contribution in [0.1, 0.15) is 16.3 Å². The smallest absolute Gasteiger partial charge is 0.259 e. The number of aliphatic hydroxyl groups is 1. The molecule has 2 rings (SSSR count). The van der Waals surface area contributed by atoms with E-state index in [0.29, 0.717) is 24.3 Å². The van der Waals surface area contributed by atoms with Gasteiger partial charge in [-0.1, -0.05) is 0 Å². The quantitative estimate of drug-likeness (QED) is 0.868. The Morgan fingerprint density at radius 2 is 2.17 bits per heavy atom. The number of aryl methyl sites for hydroxylation is 2. The van der Waals surface area contributed by atoms with Gasteiger partial charge in [0.15, 0.2) is 0 Å². The molecule has 18 heavy (non-hydrogen) atoms. The van der Waals surface area contributed by atoms with E-state index in [1.807, 2.05) is 25.8 Å². The number of aliphatic hydroxyl groups excluding tert-OH is 1. The third kappa shape index (κ3) is 2.45. The van der Waals surface area contributed by atoms with Gasteiger partial charge in [0.25, 0.3) is 5.56 Å². The van der Waals surface area contributed by atoms with Crippen molar-refractivity contribution in [1.82, 2.24) is 14.9 Å². The minimum Gasteiger partial charge on any atom is -0.395 e. The van der Waals surface area contributed by atoms with Crippen molar-refractivity contribution in [3.63, 3.8) is 0 Å². The minimum atomic E-state index is -0.0748. The van der Waals surface area contributed by atoms with Crippen molar-refractivity contribution < 1.29 is 5.11 Å². The fourth-order valence-electron chi connectivity index (χ4n) is 1.88. The van der Waals surface area contributed by atoms with Crippen LogP contribution in [-0.2, 0) is 6.54 Å². The fraction of sp³-hybridized carbons (Fsp3) is 0.500. The summed E-state index contributed by atoms with van der Waals surface area (Å²) in [5.74, 6) is 0.643. The van der Waals surface area contributed by atoms with E-state index in [-0.39, 0.29) is 12.2 Å². The van der Waals surface area contributed by atoms with Crippen LogP contribution in [0.3, 0.4) is 0 Å². The molecule has 0 aliphatic carbocycles. The third-order valence-electron chi connectivity index (χ3n) is 2.99. The second-order valence-electron chi connectivity index (χ2n) is 4.44. The van der Waals surface area contributed by atoms with Gasteiger partial charge in [-0.2, -0.15) is 0 Å².